The Bertz CT molecular complexity index is 1400. The van der Waals surface area contributed by atoms with E-state index in [1.165, 1.54) is 19.1 Å². The van der Waals surface area contributed by atoms with Gasteiger partial charge in [-0.25, -0.2) is 4.79 Å². The standard InChI is InChI=1S/C32H40O14/c1-16(33)40-15-31-25(43-19(4)36)22(41-17(2)34)14-30(8,39)32(31)26(44-20(5)37)23(29(6,7)46-32)24(42-18(3)35)27(31)45-28(38)21-12-10-9-11-13-21/h9-13,22-27,39H,14-15H2,1-8H3/t22-,23+,24+,25-,26?,27+,30-,31-,32-/m0/s1. The van der Waals surface area contributed by atoms with Crippen LogP contribution in [-0.2, 0) is 57.1 Å². The summed E-state index contributed by atoms with van der Waals surface area (Å²) in [5.41, 5.74) is -7.92. The van der Waals surface area contributed by atoms with E-state index in [0.29, 0.717) is 0 Å². The molecule has 14 heteroatoms. The Morgan fingerprint density at radius 1 is 0.739 bits per heavy atom. The van der Waals surface area contributed by atoms with Gasteiger partial charge < -0.3 is 38.3 Å². The molecule has 3 fully saturated rings. The average Bonchev–Trinajstić information content (AvgIpc) is 3.12. The first-order valence-corrected chi connectivity index (χ1v) is 14.8. The Morgan fingerprint density at radius 2 is 1.28 bits per heavy atom. The molecule has 1 aliphatic heterocycles. The van der Waals surface area contributed by atoms with E-state index < -0.39 is 107 Å². The third-order valence-corrected chi connectivity index (χ3v) is 9.01. The first-order chi connectivity index (χ1) is 21.3. The number of hydrogen-bond donors (Lipinski definition) is 1. The zero-order valence-electron chi connectivity index (χ0n) is 27.0. The van der Waals surface area contributed by atoms with Gasteiger partial charge in [0.1, 0.15) is 30.3 Å². The number of carbonyl (C=O) groups excluding carboxylic acids is 6. The second kappa shape index (κ2) is 12.3. The molecule has 4 rings (SSSR count). The summed E-state index contributed by atoms with van der Waals surface area (Å²) in [6.45, 7) is 9.26. The monoisotopic (exact) mass is 648 g/mol. The van der Waals surface area contributed by atoms with Gasteiger partial charge in [0.15, 0.2) is 17.8 Å². The first-order valence-electron chi connectivity index (χ1n) is 14.8. The van der Waals surface area contributed by atoms with Crippen LogP contribution in [0.15, 0.2) is 30.3 Å². The molecule has 3 aliphatic rings. The molecule has 2 aliphatic carbocycles. The lowest BCUT2D eigenvalue weighted by molar-refractivity contribution is -0.363. The zero-order chi connectivity index (χ0) is 34.4. The van der Waals surface area contributed by atoms with Crippen molar-refractivity contribution in [2.45, 2.75) is 109 Å². The molecule has 2 bridgehead atoms. The lowest BCUT2D eigenvalue weighted by atomic mass is 9.45. The Balaban J connectivity index is 2.18. The fourth-order valence-electron chi connectivity index (χ4n) is 7.81. The molecule has 252 valence electrons. The zero-order valence-corrected chi connectivity index (χ0v) is 27.0. The summed E-state index contributed by atoms with van der Waals surface area (Å²) in [5, 5.41) is 12.5. The molecule has 1 spiro atoms. The fraction of sp³-hybridized carbons (Fsp3) is 0.625. The first kappa shape index (κ1) is 34.8. The van der Waals surface area contributed by atoms with Crippen LogP contribution in [0.1, 0.15) is 72.2 Å². The minimum atomic E-state index is -2.25. The second-order valence-corrected chi connectivity index (χ2v) is 12.7. The maximum Gasteiger partial charge on any atom is 0.338 e. The number of esters is 6. The molecular weight excluding hydrogens is 608 g/mol. The maximum absolute atomic E-state index is 13.8. The van der Waals surface area contributed by atoms with Crippen LogP contribution in [0.2, 0.25) is 0 Å². The maximum atomic E-state index is 13.8. The highest BCUT2D eigenvalue weighted by atomic mass is 16.7. The van der Waals surface area contributed by atoms with Crippen LogP contribution in [0, 0.1) is 11.3 Å². The van der Waals surface area contributed by atoms with Crippen LogP contribution >= 0.6 is 0 Å². The van der Waals surface area contributed by atoms with E-state index in [1.807, 2.05) is 0 Å². The largest absolute Gasteiger partial charge is 0.465 e. The minimum absolute atomic E-state index is 0.0820. The Kier molecular flexibility index (Phi) is 9.30. The van der Waals surface area contributed by atoms with Crippen LogP contribution in [0.3, 0.4) is 0 Å². The average molecular weight is 649 g/mol. The van der Waals surface area contributed by atoms with Crippen molar-refractivity contribution < 1.29 is 67.0 Å². The van der Waals surface area contributed by atoms with Crippen molar-refractivity contribution in [2.75, 3.05) is 6.61 Å². The van der Waals surface area contributed by atoms with E-state index in [4.69, 9.17) is 33.2 Å². The summed E-state index contributed by atoms with van der Waals surface area (Å²) >= 11 is 0. The summed E-state index contributed by atoms with van der Waals surface area (Å²) in [6.07, 6.45) is -8.28. The lowest BCUT2D eigenvalue weighted by Crippen LogP contribution is -2.85. The number of aliphatic hydroxyl groups is 1. The van der Waals surface area contributed by atoms with Crippen LogP contribution in [-0.4, -0.2) is 94.9 Å². The van der Waals surface area contributed by atoms with Crippen LogP contribution in [0.4, 0.5) is 0 Å². The molecule has 1 aromatic carbocycles. The van der Waals surface area contributed by atoms with Gasteiger partial charge in [0, 0.05) is 41.0 Å². The molecule has 1 unspecified atom stereocenters. The minimum Gasteiger partial charge on any atom is -0.465 e. The summed E-state index contributed by atoms with van der Waals surface area (Å²) in [4.78, 5) is 77.1. The van der Waals surface area contributed by atoms with E-state index in [9.17, 15) is 33.9 Å². The van der Waals surface area contributed by atoms with Gasteiger partial charge in [0.25, 0.3) is 0 Å². The predicted octanol–water partition coefficient (Wildman–Crippen LogP) is 1.82. The Labute approximate surface area is 265 Å². The van der Waals surface area contributed by atoms with Crippen LogP contribution in [0.25, 0.3) is 0 Å². The molecule has 1 aromatic rings. The van der Waals surface area contributed by atoms with E-state index in [2.05, 4.69) is 0 Å². The topological polar surface area (TPSA) is 187 Å². The number of hydrogen-bond acceptors (Lipinski definition) is 14. The summed E-state index contributed by atoms with van der Waals surface area (Å²) in [7, 11) is 0. The predicted molar refractivity (Wildman–Crippen MR) is 154 cm³/mol. The molecule has 0 radical (unpaired) electrons. The van der Waals surface area contributed by atoms with Crippen molar-refractivity contribution in [1.82, 2.24) is 0 Å². The molecule has 1 saturated heterocycles. The van der Waals surface area contributed by atoms with E-state index in [1.54, 1.807) is 32.0 Å². The van der Waals surface area contributed by atoms with Crippen molar-refractivity contribution in [3.63, 3.8) is 0 Å². The van der Waals surface area contributed by atoms with Gasteiger partial charge in [0.05, 0.1) is 22.7 Å². The van der Waals surface area contributed by atoms with E-state index in [-0.39, 0.29) is 5.56 Å². The fourth-order valence-corrected chi connectivity index (χ4v) is 7.81. The van der Waals surface area contributed by atoms with Gasteiger partial charge in [-0.15, -0.1) is 0 Å². The molecular formula is C32H40O14. The highest BCUT2D eigenvalue weighted by Gasteiger charge is 2.89. The normalized spacial score (nSPS) is 35.5. The number of rotatable bonds is 8. The number of benzene rings is 1. The molecule has 2 saturated carbocycles. The molecule has 1 heterocycles. The second-order valence-electron chi connectivity index (χ2n) is 12.7. The van der Waals surface area contributed by atoms with Crippen molar-refractivity contribution >= 4 is 35.8 Å². The van der Waals surface area contributed by atoms with Gasteiger partial charge in [-0.05, 0) is 32.9 Å². The molecule has 1 N–H and O–H groups in total. The quantitative estimate of drug-likeness (QED) is 0.318. The van der Waals surface area contributed by atoms with Gasteiger partial charge in [0.2, 0.25) is 0 Å². The van der Waals surface area contributed by atoms with Gasteiger partial charge in [-0.3, -0.25) is 24.0 Å². The van der Waals surface area contributed by atoms with Crippen molar-refractivity contribution in [2.24, 2.45) is 11.3 Å². The molecule has 46 heavy (non-hydrogen) atoms. The third-order valence-electron chi connectivity index (χ3n) is 9.01. The molecule has 9 atom stereocenters. The molecule has 0 aromatic heterocycles. The summed E-state index contributed by atoms with van der Waals surface area (Å²) in [5.74, 6) is -6.19. The smallest absolute Gasteiger partial charge is 0.338 e. The van der Waals surface area contributed by atoms with Crippen molar-refractivity contribution in [1.29, 1.82) is 0 Å². The van der Waals surface area contributed by atoms with Gasteiger partial charge in [-0.1, -0.05) is 18.2 Å². The highest BCUT2D eigenvalue weighted by molar-refractivity contribution is 5.89. The van der Waals surface area contributed by atoms with Crippen LogP contribution in [0.5, 0.6) is 0 Å². The van der Waals surface area contributed by atoms with Crippen LogP contribution < -0.4 is 0 Å². The SMILES string of the molecule is CC(=O)OC[C@]12[C@H](OC(=O)c3ccccc3)[C@H](OC(C)=O)[C@@H]3C(OC(C)=O)[C@]1(OC3(C)C)[C@@](C)(O)C[C@H](OC(C)=O)[C@@H]2OC(C)=O. The van der Waals surface area contributed by atoms with Gasteiger partial charge in [-0.2, -0.15) is 0 Å². The van der Waals surface area contributed by atoms with Crippen molar-refractivity contribution in [3.05, 3.63) is 35.9 Å². The van der Waals surface area contributed by atoms with E-state index >= 15 is 0 Å². The molecule has 14 nitrogen and oxygen atoms in total. The summed E-state index contributed by atoms with van der Waals surface area (Å²) in [6, 6.07) is 7.80. The van der Waals surface area contributed by atoms with Gasteiger partial charge >= 0.3 is 35.8 Å². The van der Waals surface area contributed by atoms with E-state index in [0.717, 1.165) is 34.6 Å². The third kappa shape index (κ3) is 5.72. The highest BCUT2D eigenvalue weighted by Crippen LogP contribution is 2.69. The number of fused-ring (bicyclic) bond motifs is 1. The Hall–Kier alpha value is -4.04. The molecule has 0 amide bonds. The lowest BCUT2D eigenvalue weighted by Gasteiger charge is -2.66. The Morgan fingerprint density at radius 3 is 1.80 bits per heavy atom. The van der Waals surface area contributed by atoms with Crippen molar-refractivity contribution in [3.8, 4) is 0 Å². The number of carbonyl (C=O) groups is 6. The number of ether oxygens (including phenoxy) is 7. The summed E-state index contributed by atoms with van der Waals surface area (Å²) < 4.78 is 41.9.